The van der Waals surface area contributed by atoms with Crippen LogP contribution in [0.2, 0.25) is 0 Å². The molecule has 0 aliphatic carbocycles. The third kappa shape index (κ3) is 4.82. The first kappa shape index (κ1) is 13.4. The summed E-state index contributed by atoms with van der Waals surface area (Å²) >= 11 is 0. The summed E-state index contributed by atoms with van der Waals surface area (Å²) in [4.78, 5) is 13.1. The van der Waals surface area contributed by atoms with E-state index in [1.807, 2.05) is 6.92 Å². The van der Waals surface area contributed by atoms with Crippen LogP contribution in [0.5, 0.6) is 5.75 Å². The van der Waals surface area contributed by atoms with Crippen molar-refractivity contribution in [1.82, 2.24) is 10.2 Å². The molecule has 0 bridgehead atoms. The molecule has 0 aliphatic rings. The SMILES string of the molecule is CCNC(=O)CN(C)Cc1cc(O)cc(F)c1. The van der Waals surface area contributed by atoms with Crippen LogP contribution in [0, 0.1) is 5.82 Å². The Morgan fingerprint density at radius 1 is 1.47 bits per heavy atom. The summed E-state index contributed by atoms with van der Waals surface area (Å²) in [5.74, 6) is -0.659. The number of phenols is 1. The molecule has 17 heavy (non-hydrogen) atoms. The number of nitrogens with zero attached hydrogens (tertiary/aromatic N) is 1. The average Bonchev–Trinajstić information content (AvgIpc) is 2.14. The van der Waals surface area contributed by atoms with Gasteiger partial charge >= 0.3 is 0 Å². The maximum Gasteiger partial charge on any atom is 0.234 e. The van der Waals surface area contributed by atoms with Crippen LogP contribution in [-0.2, 0) is 11.3 Å². The molecule has 0 fully saturated rings. The lowest BCUT2D eigenvalue weighted by Crippen LogP contribution is -2.34. The second-order valence-electron chi connectivity index (χ2n) is 3.94. The molecule has 1 rings (SSSR count). The van der Waals surface area contributed by atoms with Gasteiger partial charge in [-0.3, -0.25) is 9.69 Å². The van der Waals surface area contributed by atoms with Gasteiger partial charge in [-0.05, 0) is 31.7 Å². The van der Waals surface area contributed by atoms with E-state index in [0.717, 1.165) is 6.07 Å². The van der Waals surface area contributed by atoms with E-state index in [-0.39, 0.29) is 18.2 Å². The molecule has 0 aliphatic heterocycles. The summed E-state index contributed by atoms with van der Waals surface area (Å²) < 4.78 is 13.0. The predicted octanol–water partition coefficient (Wildman–Crippen LogP) is 1.10. The number of phenolic OH excluding ortho intramolecular Hbond substituents is 1. The first-order valence-electron chi connectivity index (χ1n) is 5.45. The molecule has 1 aromatic carbocycles. The quantitative estimate of drug-likeness (QED) is 0.810. The van der Waals surface area contributed by atoms with Crippen LogP contribution >= 0.6 is 0 Å². The van der Waals surface area contributed by atoms with Crippen LogP contribution < -0.4 is 5.32 Å². The van der Waals surface area contributed by atoms with E-state index < -0.39 is 5.82 Å². The number of nitrogens with one attached hydrogen (secondary N) is 1. The number of carbonyl (C=O) groups is 1. The van der Waals surface area contributed by atoms with Gasteiger partial charge in [-0.15, -0.1) is 0 Å². The highest BCUT2D eigenvalue weighted by Crippen LogP contribution is 2.15. The van der Waals surface area contributed by atoms with Crippen LogP contribution in [0.4, 0.5) is 4.39 Å². The van der Waals surface area contributed by atoms with Crippen molar-refractivity contribution in [1.29, 1.82) is 0 Å². The molecule has 5 heteroatoms. The molecule has 1 amide bonds. The lowest BCUT2D eigenvalue weighted by atomic mass is 10.2. The third-order valence-electron chi connectivity index (χ3n) is 2.18. The summed E-state index contributed by atoms with van der Waals surface area (Å²) in [7, 11) is 1.76. The van der Waals surface area contributed by atoms with Crippen molar-refractivity contribution in [3.8, 4) is 5.75 Å². The molecule has 94 valence electrons. The number of hydrogen-bond acceptors (Lipinski definition) is 3. The van der Waals surface area contributed by atoms with Crippen molar-refractivity contribution >= 4 is 5.91 Å². The summed E-state index contributed by atoms with van der Waals surface area (Å²) in [6, 6.07) is 3.87. The number of rotatable bonds is 5. The van der Waals surface area contributed by atoms with Gasteiger partial charge in [0.1, 0.15) is 11.6 Å². The smallest absolute Gasteiger partial charge is 0.234 e. The average molecular weight is 240 g/mol. The molecule has 0 heterocycles. The zero-order valence-electron chi connectivity index (χ0n) is 10.0. The molecule has 0 radical (unpaired) electrons. The molecule has 0 unspecified atom stereocenters. The molecule has 0 aromatic heterocycles. The van der Waals surface area contributed by atoms with Gasteiger partial charge in [0.05, 0.1) is 6.54 Å². The second kappa shape index (κ2) is 6.20. The number of aromatic hydroxyl groups is 1. The summed E-state index contributed by atoms with van der Waals surface area (Å²) in [6.07, 6.45) is 0. The Kier molecular flexibility index (Phi) is 4.90. The van der Waals surface area contributed by atoms with Crippen molar-refractivity contribution in [3.63, 3.8) is 0 Å². The Morgan fingerprint density at radius 2 is 2.18 bits per heavy atom. The van der Waals surface area contributed by atoms with Gasteiger partial charge < -0.3 is 10.4 Å². The first-order valence-corrected chi connectivity index (χ1v) is 5.45. The van der Waals surface area contributed by atoms with E-state index >= 15 is 0 Å². The number of amides is 1. The van der Waals surface area contributed by atoms with Gasteiger partial charge in [-0.25, -0.2) is 4.39 Å². The minimum Gasteiger partial charge on any atom is -0.508 e. The van der Waals surface area contributed by atoms with Gasteiger partial charge in [0.25, 0.3) is 0 Å². The standard InChI is InChI=1S/C12H17FN2O2/c1-3-14-12(17)8-15(2)7-9-4-10(13)6-11(16)5-9/h4-6,16H,3,7-8H2,1-2H3,(H,14,17). The van der Waals surface area contributed by atoms with Crippen LogP contribution in [0.3, 0.4) is 0 Å². The van der Waals surface area contributed by atoms with Gasteiger partial charge in [-0.1, -0.05) is 0 Å². The number of hydrogen-bond donors (Lipinski definition) is 2. The minimum absolute atomic E-state index is 0.0735. The monoisotopic (exact) mass is 240 g/mol. The lowest BCUT2D eigenvalue weighted by molar-refractivity contribution is -0.121. The normalized spacial score (nSPS) is 10.6. The highest BCUT2D eigenvalue weighted by Gasteiger charge is 2.07. The predicted molar refractivity (Wildman–Crippen MR) is 63.1 cm³/mol. The van der Waals surface area contributed by atoms with E-state index in [2.05, 4.69) is 5.32 Å². The highest BCUT2D eigenvalue weighted by atomic mass is 19.1. The van der Waals surface area contributed by atoms with E-state index in [9.17, 15) is 14.3 Å². The summed E-state index contributed by atoms with van der Waals surface area (Å²) in [6.45, 7) is 3.09. The van der Waals surface area contributed by atoms with E-state index in [1.165, 1.54) is 12.1 Å². The van der Waals surface area contributed by atoms with Crippen LogP contribution in [0.1, 0.15) is 12.5 Å². The number of carbonyl (C=O) groups excluding carboxylic acids is 1. The Morgan fingerprint density at radius 3 is 2.76 bits per heavy atom. The summed E-state index contributed by atoms with van der Waals surface area (Å²) in [5, 5.41) is 11.9. The van der Waals surface area contributed by atoms with Crippen LogP contribution in [-0.4, -0.2) is 36.1 Å². The highest BCUT2D eigenvalue weighted by molar-refractivity contribution is 5.77. The zero-order valence-corrected chi connectivity index (χ0v) is 10.0. The molecule has 0 saturated carbocycles. The van der Waals surface area contributed by atoms with E-state index in [0.29, 0.717) is 18.7 Å². The fraction of sp³-hybridized carbons (Fsp3) is 0.417. The lowest BCUT2D eigenvalue weighted by Gasteiger charge is -2.16. The second-order valence-corrected chi connectivity index (χ2v) is 3.94. The van der Waals surface area contributed by atoms with Crippen molar-refractivity contribution in [2.75, 3.05) is 20.1 Å². The van der Waals surface area contributed by atoms with Crippen molar-refractivity contribution in [2.24, 2.45) is 0 Å². The summed E-state index contributed by atoms with van der Waals surface area (Å²) in [5.41, 5.74) is 0.634. The minimum atomic E-state index is -0.480. The number of halogens is 1. The van der Waals surface area contributed by atoms with Gasteiger partial charge in [-0.2, -0.15) is 0 Å². The van der Waals surface area contributed by atoms with E-state index in [1.54, 1.807) is 11.9 Å². The van der Waals surface area contributed by atoms with Crippen molar-refractivity contribution in [2.45, 2.75) is 13.5 Å². The van der Waals surface area contributed by atoms with Crippen LogP contribution in [0.15, 0.2) is 18.2 Å². The van der Waals surface area contributed by atoms with Gasteiger partial charge in [0.2, 0.25) is 5.91 Å². The Labute approximate surface area is 100 Å². The van der Waals surface area contributed by atoms with Crippen molar-refractivity contribution in [3.05, 3.63) is 29.6 Å². The Hall–Kier alpha value is -1.62. The fourth-order valence-corrected chi connectivity index (χ4v) is 1.59. The molecule has 4 nitrogen and oxygen atoms in total. The maximum absolute atomic E-state index is 13.0. The number of benzene rings is 1. The molecule has 0 spiro atoms. The zero-order chi connectivity index (χ0) is 12.8. The molecule has 2 N–H and O–H groups in total. The Bertz CT molecular complexity index is 376. The first-order chi connectivity index (χ1) is 8.01. The molecule has 1 aromatic rings. The van der Waals surface area contributed by atoms with E-state index in [4.69, 9.17) is 0 Å². The van der Waals surface area contributed by atoms with Crippen molar-refractivity contribution < 1.29 is 14.3 Å². The molecule has 0 saturated heterocycles. The fourth-order valence-electron chi connectivity index (χ4n) is 1.59. The molecule has 0 atom stereocenters. The molecular weight excluding hydrogens is 223 g/mol. The Balaban J connectivity index is 2.55. The topological polar surface area (TPSA) is 52.6 Å². The third-order valence-corrected chi connectivity index (χ3v) is 2.18. The maximum atomic E-state index is 13.0. The molecular formula is C12H17FN2O2. The van der Waals surface area contributed by atoms with Crippen LogP contribution in [0.25, 0.3) is 0 Å². The number of likely N-dealkylation sites (N-methyl/N-ethyl adjacent to an activating group) is 2. The largest absolute Gasteiger partial charge is 0.508 e. The van der Waals surface area contributed by atoms with Gasteiger partial charge in [0.15, 0.2) is 0 Å². The van der Waals surface area contributed by atoms with Gasteiger partial charge in [0, 0.05) is 19.2 Å².